The molecular weight excluding hydrogens is 350 g/mol. The van der Waals surface area contributed by atoms with E-state index >= 15 is 0 Å². The minimum absolute atomic E-state index is 0.171. The highest BCUT2D eigenvalue weighted by Gasteiger charge is 2.50. The summed E-state index contributed by atoms with van der Waals surface area (Å²) in [5.41, 5.74) is 0.889. The Kier molecular flexibility index (Phi) is 5.66. The van der Waals surface area contributed by atoms with Gasteiger partial charge in [-0.25, -0.2) is 4.98 Å². The Morgan fingerprint density at radius 1 is 1.19 bits per heavy atom. The number of imidazole rings is 1. The molecule has 1 aliphatic rings. The lowest BCUT2D eigenvalue weighted by Crippen LogP contribution is -2.34. The predicted molar refractivity (Wildman–Crippen MR) is 104 cm³/mol. The topological polar surface area (TPSA) is 57.5 Å². The van der Waals surface area contributed by atoms with Crippen LogP contribution in [0.5, 0.6) is 17.2 Å². The van der Waals surface area contributed by atoms with Gasteiger partial charge in [-0.3, -0.25) is 0 Å². The van der Waals surface area contributed by atoms with Gasteiger partial charge in [0.2, 0.25) is 5.75 Å². The zero-order valence-corrected chi connectivity index (χ0v) is 16.3. The summed E-state index contributed by atoms with van der Waals surface area (Å²) in [6.45, 7) is 1.75. The lowest BCUT2D eigenvalue weighted by Gasteiger charge is -2.23. The number of hydrogen-bond acceptors (Lipinski definition) is 5. The van der Waals surface area contributed by atoms with Gasteiger partial charge in [0, 0.05) is 36.5 Å². The molecule has 1 fully saturated rings. The molecule has 140 valence electrons. The molecule has 3 rings (SSSR count). The third kappa shape index (κ3) is 3.49. The average Bonchev–Trinajstić information content (AvgIpc) is 3.32. The number of nitrogens with one attached hydrogen (secondary N) is 1. The normalized spacial score (nSPS) is 14.6. The largest absolute Gasteiger partial charge is 0.493 e. The fourth-order valence-electron chi connectivity index (χ4n) is 3.27. The molecule has 6 nitrogen and oxygen atoms in total. The second-order valence-electron chi connectivity index (χ2n) is 6.37. The molecule has 26 heavy (non-hydrogen) atoms. The number of thiocarbonyl (C=S) groups is 1. The van der Waals surface area contributed by atoms with Crippen LogP contribution in [0, 0.1) is 0 Å². The second kappa shape index (κ2) is 7.95. The lowest BCUT2D eigenvalue weighted by atomic mass is 9.93. The molecule has 0 aliphatic heterocycles. The van der Waals surface area contributed by atoms with Gasteiger partial charge in [0.25, 0.3) is 0 Å². The summed E-state index contributed by atoms with van der Waals surface area (Å²) in [4.78, 5) is 4.92. The minimum atomic E-state index is -0.171. The molecule has 1 heterocycles. The smallest absolute Gasteiger partial charge is 0.203 e. The molecule has 0 spiro atoms. The quantitative estimate of drug-likeness (QED) is 0.537. The van der Waals surface area contributed by atoms with Gasteiger partial charge in [-0.1, -0.05) is 18.3 Å². The fourth-order valence-corrected chi connectivity index (χ4v) is 3.69. The van der Waals surface area contributed by atoms with E-state index in [0.29, 0.717) is 17.2 Å². The monoisotopic (exact) mass is 375 g/mol. The Bertz CT molecular complexity index is 758. The number of ether oxygens (including phenoxy) is 3. The van der Waals surface area contributed by atoms with E-state index < -0.39 is 0 Å². The van der Waals surface area contributed by atoms with Crippen molar-refractivity contribution < 1.29 is 14.2 Å². The Morgan fingerprint density at radius 2 is 1.96 bits per heavy atom. The molecule has 0 radical (unpaired) electrons. The molecule has 0 bridgehead atoms. The van der Waals surface area contributed by atoms with Crippen LogP contribution in [0.2, 0.25) is 0 Å². The number of benzene rings is 1. The van der Waals surface area contributed by atoms with Crippen LogP contribution in [-0.2, 0) is 12.0 Å². The zero-order chi connectivity index (χ0) is 18.6. The molecule has 0 amide bonds. The van der Waals surface area contributed by atoms with Crippen molar-refractivity contribution in [1.82, 2.24) is 14.9 Å². The van der Waals surface area contributed by atoms with Crippen LogP contribution in [0.15, 0.2) is 30.9 Å². The first kappa shape index (κ1) is 18.5. The minimum Gasteiger partial charge on any atom is -0.493 e. The van der Waals surface area contributed by atoms with E-state index in [2.05, 4.69) is 14.9 Å². The lowest BCUT2D eigenvalue weighted by molar-refractivity contribution is 0.321. The highest BCUT2D eigenvalue weighted by atomic mass is 32.1. The summed E-state index contributed by atoms with van der Waals surface area (Å²) in [5.74, 6) is 1.97. The SMILES string of the molecule is COc1ccc(C2(C(=S)NCCCn3ccnc3)CC2)c(OC)c1OC. The highest BCUT2D eigenvalue weighted by molar-refractivity contribution is 7.80. The second-order valence-corrected chi connectivity index (χ2v) is 6.78. The maximum absolute atomic E-state index is 5.74. The molecule has 7 heteroatoms. The Morgan fingerprint density at radius 3 is 2.54 bits per heavy atom. The summed E-state index contributed by atoms with van der Waals surface area (Å²) in [6.07, 6.45) is 8.58. The molecule has 1 saturated carbocycles. The Labute approximate surface area is 159 Å². The van der Waals surface area contributed by atoms with E-state index in [1.165, 1.54) is 0 Å². The van der Waals surface area contributed by atoms with E-state index in [1.807, 2.05) is 24.7 Å². The van der Waals surface area contributed by atoms with Gasteiger partial charge in [0.05, 0.1) is 32.6 Å². The van der Waals surface area contributed by atoms with E-state index in [9.17, 15) is 0 Å². The van der Waals surface area contributed by atoms with Crippen LogP contribution in [0.25, 0.3) is 0 Å². The van der Waals surface area contributed by atoms with Crippen LogP contribution in [-0.4, -0.2) is 42.4 Å². The molecular formula is C19H25N3O3S. The molecule has 0 saturated heterocycles. The first-order valence-electron chi connectivity index (χ1n) is 8.69. The van der Waals surface area contributed by atoms with E-state index in [0.717, 1.165) is 42.9 Å². The van der Waals surface area contributed by atoms with Crippen LogP contribution in [0.1, 0.15) is 24.8 Å². The fraction of sp³-hybridized carbons (Fsp3) is 0.474. The summed E-state index contributed by atoms with van der Waals surface area (Å²) < 4.78 is 18.6. The van der Waals surface area contributed by atoms with Gasteiger partial charge >= 0.3 is 0 Å². The van der Waals surface area contributed by atoms with Crippen molar-refractivity contribution in [3.05, 3.63) is 36.4 Å². The van der Waals surface area contributed by atoms with E-state index in [4.69, 9.17) is 26.4 Å². The van der Waals surface area contributed by atoms with Gasteiger partial charge in [-0.2, -0.15) is 0 Å². The summed E-state index contributed by atoms with van der Waals surface area (Å²) in [5, 5.41) is 3.43. The maximum Gasteiger partial charge on any atom is 0.203 e. The van der Waals surface area contributed by atoms with Crippen molar-refractivity contribution in [1.29, 1.82) is 0 Å². The summed E-state index contributed by atoms with van der Waals surface area (Å²) >= 11 is 5.74. The predicted octanol–water partition coefficient (Wildman–Crippen LogP) is 2.95. The first-order valence-corrected chi connectivity index (χ1v) is 9.10. The van der Waals surface area contributed by atoms with Crippen molar-refractivity contribution in [2.45, 2.75) is 31.2 Å². The maximum atomic E-state index is 5.74. The summed E-state index contributed by atoms with van der Waals surface area (Å²) in [7, 11) is 4.89. The van der Waals surface area contributed by atoms with Crippen LogP contribution in [0.4, 0.5) is 0 Å². The third-order valence-corrected chi connectivity index (χ3v) is 5.38. The standard InChI is InChI=1S/C19H25N3O3S/c1-23-15-6-5-14(16(24-2)17(15)25-3)19(7-8-19)18(26)21-9-4-11-22-12-10-20-13-22/h5-6,10,12-13H,4,7-9,11H2,1-3H3,(H,21,26). The number of aromatic nitrogens is 2. The molecule has 1 aromatic heterocycles. The molecule has 0 atom stereocenters. The van der Waals surface area contributed by atoms with Crippen LogP contribution < -0.4 is 19.5 Å². The molecule has 1 aliphatic carbocycles. The number of hydrogen-bond donors (Lipinski definition) is 1. The third-order valence-electron chi connectivity index (χ3n) is 4.84. The molecule has 2 aromatic rings. The number of nitrogens with zero attached hydrogens (tertiary/aromatic N) is 2. The van der Waals surface area contributed by atoms with Crippen LogP contribution in [0.3, 0.4) is 0 Å². The summed E-state index contributed by atoms with van der Waals surface area (Å²) in [6, 6.07) is 3.95. The molecule has 1 N–H and O–H groups in total. The average molecular weight is 375 g/mol. The number of aryl methyl sites for hydroxylation is 1. The van der Waals surface area contributed by atoms with Crippen molar-refractivity contribution >= 4 is 17.2 Å². The van der Waals surface area contributed by atoms with Gasteiger partial charge in [0.1, 0.15) is 0 Å². The zero-order valence-electron chi connectivity index (χ0n) is 15.4. The molecule has 1 aromatic carbocycles. The van der Waals surface area contributed by atoms with Gasteiger partial charge in [0.15, 0.2) is 11.5 Å². The van der Waals surface area contributed by atoms with Crippen LogP contribution >= 0.6 is 12.2 Å². The van der Waals surface area contributed by atoms with Crippen molar-refractivity contribution in [2.24, 2.45) is 0 Å². The Balaban J connectivity index is 1.70. The number of rotatable bonds is 9. The Hall–Kier alpha value is -2.28. The van der Waals surface area contributed by atoms with Crippen molar-refractivity contribution in [3.8, 4) is 17.2 Å². The van der Waals surface area contributed by atoms with Gasteiger partial charge in [-0.05, 0) is 25.3 Å². The first-order chi connectivity index (χ1) is 12.7. The van der Waals surface area contributed by atoms with Gasteiger partial charge < -0.3 is 24.1 Å². The highest BCUT2D eigenvalue weighted by Crippen LogP contribution is 2.55. The molecule has 0 unspecified atom stereocenters. The van der Waals surface area contributed by atoms with E-state index in [-0.39, 0.29) is 5.41 Å². The number of methoxy groups -OCH3 is 3. The van der Waals surface area contributed by atoms with Gasteiger partial charge in [-0.15, -0.1) is 0 Å². The van der Waals surface area contributed by atoms with Crippen molar-refractivity contribution in [2.75, 3.05) is 27.9 Å². The van der Waals surface area contributed by atoms with Crippen molar-refractivity contribution in [3.63, 3.8) is 0 Å². The van der Waals surface area contributed by atoms with E-state index in [1.54, 1.807) is 27.5 Å².